The van der Waals surface area contributed by atoms with Gasteiger partial charge in [0.25, 0.3) is 5.56 Å². The van der Waals surface area contributed by atoms with E-state index in [1.807, 2.05) is 31.2 Å². The third kappa shape index (κ3) is 4.30. The number of halogens is 2. The Morgan fingerprint density at radius 3 is 2.58 bits per heavy atom. The lowest BCUT2D eigenvalue weighted by molar-refractivity contribution is -0.115. The number of aryl methyl sites for hydroxylation is 1. The molecule has 0 fully saturated rings. The quantitative estimate of drug-likeness (QED) is 0.454. The molecule has 0 aliphatic rings. The van der Waals surface area contributed by atoms with Crippen molar-refractivity contribution in [1.29, 1.82) is 0 Å². The maximum atomic E-state index is 13.9. The minimum Gasteiger partial charge on any atom is -0.323 e. The molecule has 0 spiro atoms. The lowest BCUT2D eigenvalue weighted by Crippen LogP contribution is -2.29. The first kappa shape index (κ1) is 22.1. The highest BCUT2D eigenvalue weighted by Gasteiger charge is 2.20. The van der Waals surface area contributed by atoms with E-state index >= 15 is 0 Å². The number of aromatic nitrogens is 4. The molecule has 2 heterocycles. The monoisotopic (exact) mass is 449 g/mol. The molecule has 0 unspecified atom stereocenters. The summed E-state index contributed by atoms with van der Waals surface area (Å²) in [5.41, 5.74) is 1.68. The van der Waals surface area contributed by atoms with E-state index in [2.05, 4.69) is 22.0 Å². The van der Waals surface area contributed by atoms with Crippen molar-refractivity contribution in [3.8, 4) is 11.4 Å². The molecule has 0 radical (unpaired) electrons. The first-order chi connectivity index (χ1) is 15.8. The van der Waals surface area contributed by atoms with Crippen molar-refractivity contribution in [2.24, 2.45) is 0 Å². The van der Waals surface area contributed by atoms with Crippen LogP contribution in [0.4, 0.5) is 14.5 Å². The van der Waals surface area contributed by atoms with Gasteiger partial charge in [0, 0.05) is 29.4 Å². The molecular formula is C24H21F2N5O2. The van der Waals surface area contributed by atoms with E-state index < -0.39 is 23.1 Å². The predicted molar refractivity (Wildman–Crippen MR) is 121 cm³/mol. The molecule has 33 heavy (non-hydrogen) atoms. The van der Waals surface area contributed by atoms with Crippen molar-refractivity contribution in [3.05, 3.63) is 93.9 Å². The average molecular weight is 449 g/mol. The van der Waals surface area contributed by atoms with Crippen LogP contribution in [0, 0.1) is 25.5 Å². The van der Waals surface area contributed by atoms with Gasteiger partial charge >= 0.3 is 0 Å². The second-order valence-electron chi connectivity index (χ2n) is 7.63. The van der Waals surface area contributed by atoms with E-state index in [0.29, 0.717) is 23.8 Å². The number of fused-ring (bicyclic) bond motifs is 1. The molecule has 0 saturated carbocycles. The van der Waals surface area contributed by atoms with Crippen LogP contribution in [0.5, 0.6) is 0 Å². The molecule has 1 amide bonds. The van der Waals surface area contributed by atoms with Crippen LogP contribution in [0.2, 0.25) is 0 Å². The number of carbonyl (C=O) groups is 1. The second-order valence-corrected chi connectivity index (χ2v) is 7.63. The van der Waals surface area contributed by atoms with E-state index in [-0.39, 0.29) is 17.7 Å². The number of rotatable bonds is 6. The number of amides is 1. The molecular weight excluding hydrogens is 428 g/mol. The van der Waals surface area contributed by atoms with Gasteiger partial charge in [0.1, 0.15) is 11.6 Å². The van der Waals surface area contributed by atoms with Crippen LogP contribution in [0.15, 0.2) is 59.9 Å². The van der Waals surface area contributed by atoms with Crippen LogP contribution in [0.25, 0.3) is 17.2 Å². The molecule has 2 aromatic heterocycles. The van der Waals surface area contributed by atoms with Gasteiger partial charge in [-0.25, -0.2) is 8.78 Å². The highest BCUT2D eigenvalue weighted by Crippen LogP contribution is 2.19. The molecule has 4 rings (SSSR count). The summed E-state index contributed by atoms with van der Waals surface area (Å²) in [5, 5.41) is 6.69. The standard InChI is InChI=1S/C24H21F2N5O2/c1-4-11-30-15(3)18(13-21(32)27-20-12-17(25)9-10-19(20)26)23(33)31-24(30)28-22(29-31)16-7-5-14(2)6-8-16/h4-10,12H,1,11,13H2,2-3H3,(H,27,32). The van der Waals surface area contributed by atoms with E-state index in [4.69, 9.17) is 0 Å². The Bertz CT molecular complexity index is 1440. The van der Waals surface area contributed by atoms with Crippen LogP contribution in [-0.2, 0) is 17.8 Å². The third-order valence-electron chi connectivity index (χ3n) is 5.28. The maximum Gasteiger partial charge on any atom is 0.279 e. The van der Waals surface area contributed by atoms with Gasteiger partial charge in [-0.1, -0.05) is 35.9 Å². The van der Waals surface area contributed by atoms with Gasteiger partial charge in [0.05, 0.1) is 12.1 Å². The van der Waals surface area contributed by atoms with E-state index in [0.717, 1.165) is 33.8 Å². The summed E-state index contributed by atoms with van der Waals surface area (Å²) < 4.78 is 30.2. The molecule has 0 saturated heterocycles. The minimum absolute atomic E-state index is 0.166. The largest absolute Gasteiger partial charge is 0.323 e. The van der Waals surface area contributed by atoms with Crippen molar-refractivity contribution >= 4 is 17.4 Å². The number of nitrogens with one attached hydrogen (secondary N) is 1. The minimum atomic E-state index is -0.778. The Morgan fingerprint density at radius 1 is 1.15 bits per heavy atom. The number of allylic oxidation sites excluding steroid dienone is 1. The molecule has 0 atom stereocenters. The van der Waals surface area contributed by atoms with Gasteiger partial charge in [-0.2, -0.15) is 9.50 Å². The number of carbonyl (C=O) groups excluding carboxylic acids is 1. The molecule has 0 bridgehead atoms. The molecule has 1 N–H and O–H groups in total. The number of nitrogens with zero attached hydrogens (tertiary/aromatic N) is 4. The number of anilines is 1. The van der Waals surface area contributed by atoms with Gasteiger partial charge in [-0.15, -0.1) is 11.7 Å². The third-order valence-corrected chi connectivity index (χ3v) is 5.28. The Morgan fingerprint density at radius 2 is 1.88 bits per heavy atom. The van der Waals surface area contributed by atoms with Crippen LogP contribution in [0.3, 0.4) is 0 Å². The van der Waals surface area contributed by atoms with Crippen molar-refractivity contribution in [2.45, 2.75) is 26.8 Å². The fourth-order valence-electron chi connectivity index (χ4n) is 3.53. The van der Waals surface area contributed by atoms with Crippen LogP contribution < -0.4 is 10.9 Å². The zero-order valence-electron chi connectivity index (χ0n) is 18.1. The molecule has 9 heteroatoms. The summed E-state index contributed by atoms with van der Waals surface area (Å²) in [6.45, 7) is 7.73. The molecule has 0 aliphatic carbocycles. The lowest BCUT2D eigenvalue weighted by atomic mass is 10.1. The molecule has 7 nitrogen and oxygen atoms in total. The van der Waals surface area contributed by atoms with Crippen molar-refractivity contribution in [2.75, 3.05) is 5.32 Å². The average Bonchev–Trinajstić information content (AvgIpc) is 3.23. The van der Waals surface area contributed by atoms with Gasteiger partial charge in [0.2, 0.25) is 11.7 Å². The maximum absolute atomic E-state index is 13.9. The van der Waals surface area contributed by atoms with Gasteiger partial charge < -0.3 is 9.88 Å². The summed E-state index contributed by atoms with van der Waals surface area (Å²) in [4.78, 5) is 30.4. The SMILES string of the molecule is C=CCn1c(C)c(CC(=O)Nc2cc(F)ccc2F)c(=O)n2nc(-c3ccc(C)cc3)nc12. The molecule has 168 valence electrons. The van der Waals surface area contributed by atoms with E-state index in [1.165, 1.54) is 0 Å². The van der Waals surface area contributed by atoms with Gasteiger partial charge in [-0.05, 0) is 26.0 Å². The molecule has 4 aromatic rings. The Balaban J connectivity index is 1.77. The van der Waals surface area contributed by atoms with E-state index in [1.54, 1.807) is 17.6 Å². The molecule has 2 aromatic carbocycles. The highest BCUT2D eigenvalue weighted by molar-refractivity contribution is 5.92. The summed E-state index contributed by atoms with van der Waals surface area (Å²) >= 11 is 0. The zero-order chi connectivity index (χ0) is 23.7. The van der Waals surface area contributed by atoms with Gasteiger partial charge in [-0.3, -0.25) is 9.59 Å². The van der Waals surface area contributed by atoms with Crippen molar-refractivity contribution in [3.63, 3.8) is 0 Å². The lowest BCUT2D eigenvalue weighted by Gasteiger charge is -2.14. The zero-order valence-corrected chi connectivity index (χ0v) is 18.1. The van der Waals surface area contributed by atoms with Crippen LogP contribution in [-0.4, -0.2) is 25.1 Å². The number of hydrogen-bond acceptors (Lipinski definition) is 4. The second kappa shape index (κ2) is 8.78. The smallest absolute Gasteiger partial charge is 0.279 e. The fourth-order valence-corrected chi connectivity index (χ4v) is 3.53. The Kier molecular flexibility index (Phi) is 5.87. The predicted octanol–water partition coefficient (Wildman–Crippen LogP) is 3.82. The Hall–Kier alpha value is -4.14. The topological polar surface area (TPSA) is 81.3 Å². The van der Waals surface area contributed by atoms with Gasteiger partial charge in [0.15, 0.2) is 5.82 Å². The van der Waals surface area contributed by atoms with Crippen molar-refractivity contribution < 1.29 is 13.6 Å². The Labute approximate surface area is 188 Å². The first-order valence-electron chi connectivity index (χ1n) is 10.2. The van der Waals surface area contributed by atoms with Crippen LogP contribution >= 0.6 is 0 Å². The summed E-state index contributed by atoms with van der Waals surface area (Å²) in [6.07, 6.45) is 1.29. The highest BCUT2D eigenvalue weighted by atomic mass is 19.1. The summed E-state index contributed by atoms with van der Waals surface area (Å²) in [6, 6.07) is 10.3. The molecule has 0 aliphatic heterocycles. The summed E-state index contributed by atoms with van der Waals surface area (Å²) in [5.74, 6) is -1.45. The number of benzene rings is 2. The normalized spacial score (nSPS) is 11.0. The first-order valence-corrected chi connectivity index (χ1v) is 10.2. The van der Waals surface area contributed by atoms with Crippen molar-refractivity contribution in [1.82, 2.24) is 19.2 Å². The van der Waals surface area contributed by atoms with Crippen LogP contribution in [0.1, 0.15) is 16.8 Å². The summed E-state index contributed by atoms with van der Waals surface area (Å²) in [7, 11) is 0. The fraction of sp³-hybridized carbons (Fsp3) is 0.167. The number of hydrogen-bond donors (Lipinski definition) is 1. The van der Waals surface area contributed by atoms with E-state index in [9.17, 15) is 18.4 Å².